The molecule has 2 nitrogen and oxygen atoms in total. The summed E-state index contributed by atoms with van der Waals surface area (Å²) in [4.78, 5) is 0. The maximum Gasteiger partial charge on any atom is 0.416 e. The van der Waals surface area contributed by atoms with Crippen molar-refractivity contribution in [2.24, 2.45) is 5.73 Å². The molecule has 17 heavy (non-hydrogen) atoms. The fraction of sp³-hybridized carbons (Fsp3) is 0.455. The molecule has 94 valence electrons. The van der Waals surface area contributed by atoms with Gasteiger partial charge in [-0.2, -0.15) is 13.2 Å². The van der Waals surface area contributed by atoms with Crippen LogP contribution in [0.1, 0.15) is 24.0 Å². The summed E-state index contributed by atoms with van der Waals surface area (Å²) >= 11 is 5.57. The first-order chi connectivity index (χ1) is 7.72. The Bertz CT molecular complexity index is 441. The van der Waals surface area contributed by atoms with E-state index < -0.39 is 23.4 Å². The molecule has 0 radical (unpaired) electrons. The van der Waals surface area contributed by atoms with Gasteiger partial charge in [-0.25, -0.2) is 0 Å². The predicted octanol–water partition coefficient (Wildman–Crippen LogP) is 2.67. The SMILES string of the molecule is NC1(c2ccc(Cl)cc2C(F)(F)F)CC(O)C1. The Kier molecular flexibility index (Phi) is 2.88. The molecule has 0 unspecified atom stereocenters. The van der Waals surface area contributed by atoms with Crippen molar-refractivity contribution in [3.05, 3.63) is 34.3 Å². The van der Waals surface area contributed by atoms with Crippen LogP contribution in [0.4, 0.5) is 13.2 Å². The van der Waals surface area contributed by atoms with E-state index in [2.05, 4.69) is 0 Å². The zero-order valence-electron chi connectivity index (χ0n) is 8.76. The van der Waals surface area contributed by atoms with Crippen LogP contribution in [0.3, 0.4) is 0 Å². The molecule has 0 atom stereocenters. The van der Waals surface area contributed by atoms with E-state index in [4.69, 9.17) is 17.3 Å². The van der Waals surface area contributed by atoms with Crippen LogP contribution in [0.25, 0.3) is 0 Å². The van der Waals surface area contributed by atoms with Gasteiger partial charge in [0.25, 0.3) is 0 Å². The monoisotopic (exact) mass is 265 g/mol. The third kappa shape index (κ3) is 2.27. The number of rotatable bonds is 1. The van der Waals surface area contributed by atoms with Gasteiger partial charge in [0.2, 0.25) is 0 Å². The van der Waals surface area contributed by atoms with Crippen LogP contribution < -0.4 is 5.73 Å². The van der Waals surface area contributed by atoms with Crippen LogP contribution in [0.5, 0.6) is 0 Å². The van der Waals surface area contributed by atoms with Crippen LogP contribution in [-0.2, 0) is 11.7 Å². The number of nitrogens with two attached hydrogens (primary N) is 1. The third-order valence-electron chi connectivity index (χ3n) is 3.02. The zero-order chi connectivity index (χ0) is 12.8. The van der Waals surface area contributed by atoms with E-state index in [-0.39, 0.29) is 23.4 Å². The number of aliphatic hydroxyl groups excluding tert-OH is 1. The van der Waals surface area contributed by atoms with Gasteiger partial charge in [-0.3, -0.25) is 0 Å². The molecular weight excluding hydrogens is 255 g/mol. The summed E-state index contributed by atoms with van der Waals surface area (Å²) in [6.07, 6.45) is -4.85. The molecule has 0 aliphatic heterocycles. The molecule has 1 saturated carbocycles. The second kappa shape index (κ2) is 3.86. The number of alkyl halides is 3. The third-order valence-corrected chi connectivity index (χ3v) is 3.26. The van der Waals surface area contributed by atoms with Crippen molar-refractivity contribution in [3.8, 4) is 0 Å². The van der Waals surface area contributed by atoms with Crippen molar-refractivity contribution in [1.82, 2.24) is 0 Å². The molecule has 6 heteroatoms. The molecule has 0 amide bonds. The van der Waals surface area contributed by atoms with Gasteiger partial charge in [-0.05, 0) is 30.5 Å². The number of hydrogen-bond donors (Lipinski definition) is 2. The van der Waals surface area contributed by atoms with Crippen molar-refractivity contribution in [2.45, 2.75) is 30.7 Å². The standard InChI is InChI=1S/C11H11ClF3NO/c12-6-1-2-8(9(3-6)11(13,14)15)10(16)4-7(17)5-10/h1-3,7,17H,4-5,16H2. The van der Waals surface area contributed by atoms with Crippen molar-refractivity contribution in [3.63, 3.8) is 0 Å². The summed E-state index contributed by atoms with van der Waals surface area (Å²) in [7, 11) is 0. The molecule has 1 aliphatic rings. The van der Waals surface area contributed by atoms with Gasteiger partial charge in [0, 0.05) is 10.6 Å². The Labute approximate surface area is 101 Å². The summed E-state index contributed by atoms with van der Waals surface area (Å²) in [5, 5.41) is 9.22. The smallest absolute Gasteiger partial charge is 0.393 e. The van der Waals surface area contributed by atoms with Crippen molar-refractivity contribution in [1.29, 1.82) is 0 Å². The molecule has 1 aliphatic carbocycles. The fourth-order valence-corrected chi connectivity index (χ4v) is 2.36. The van der Waals surface area contributed by atoms with Crippen LogP contribution in [0.2, 0.25) is 5.02 Å². The molecule has 1 fully saturated rings. The van der Waals surface area contributed by atoms with E-state index in [1.54, 1.807) is 0 Å². The van der Waals surface area contributed by atoms with Crippen LogP contribution in [-0.4, -0.2) is 11.2 Å². The molecule has 0 spiro atoms. The predicted molar refractivity (Wildman–Crippen MR) is 57.6 cm³/mol. The van der Waals surface area contributed by atoms with Crippen molar-refractivity contribution >= 4 is 11.6 Å². The van der Waals surface area contributed by atoms with Gasteiger partial charge in [0.1, 0.15) is 0 Å². The summed E-state index contributed by atoms with van der Waals surface area (Å²) in [5.74, 6) is 0. The van der Waals surface area contributed by atoms with E-state index in [0.717, 1.165) is 6.07 Å². The zero-order valence-corrected chi connectivity index (χ0v) is 9.52. The maximum atomic E-state index is 12.8. The van der Waals surface area contributed by atoms with Crippen molar-refractivity contribution in [2.75, 3.05) is 0 Å². The van der Waals surface area contributed by atoms with Crippen LogP contribution in [0, 0.1) is 0 Å². The minimum atomic E-state index is -4.49. The van der Waals surface area contributed by atoms with Crippen LogP contribution in [0.15, 0.2) is 18.2 Å². The number of benzene rings is 1. The van der Waals surface area contributed by atoms with E-state index >= 15 is 0 Å². The lowest BCUT2D eigenvalue weighted by Gasteiger charge is -2.43. The second-order valence-corrected chi connectivity index (χ2v) is 4.84. The van der Waals surface area contributed by atoms with Gasteiger partial charge in [-0.1, -0.05) is 17.7 Å². The minimum absolute atomic E-state index is 0.000278. The van der Waals surface area contributed by atoms with E-state index in [1.165, 1.54) is 12.1 Å². The van der Waals surface area contributed by atoms with Gasteiger partial charge < -0.3 is 10.8 Å². The van der Waals surface area contributed by atoms with Crippen molar-refractivity contribution < 1.29 is 18.3 Å². The lowest BCUT2D eigenvalue weighted by molar-refractivity contribution is -0.139. The molecule has 3 N–H and O–H groups in total. The highest BCUT2D eigenvalue weighted by atomic mass is 35.5. The molecule has 1 aromatic rings. The summed E-state index contributed by atoms with van der Waals surface area (Å²) in [5.41, 5.74) is 3.94. The summed E-state index contributed by atoms with van der Waals surface area (Å²) in [6.45, 7) is 0. The first-order valence-electron chi connectivity index (χ1n) is 5.06. The van der Waals surface area contributed by atoms with E-state index in [1.807, 2.05) is 0 Å². The largest absolute Gasteiger partial charge is 0.416 e. The highest BCUT2D eigenvalue weighted by molar-refractivity contribution is 6.30. The Balaban J connectivity index is 2.47. The molecule has 2 rings (SSSR count). The second-order valence-electron chi connectivity index (χ2n) is 4.41. The Hall–Kier alpha value is -0.780. The first-order valence-corrected chi connectivity index (χ1v) is 5.44. The lowest BCUT2D eigenvalue weighted by Crippen LogP contribution is -2.52. The minimum Gasteiger partial charge on any atom is -0.393 e. The van der Waals surface area contributed by atoms with Gasteiger partial charge >= 0.3 is 6.18 Å². The Morgan fingerprint density at radius 3 is 2.41 bits per heavy atom. The van der Waals surface area contributed by atoms with E-state index in [0.29, 0.717) is 0 Å². The Morgan fingerprint density at radius 2 is 1.94 bits per heavy atom. The maximum absolute atomic E-state index is 12.8. The molecule has 0 aromatic heterocycles. The van der Waals surface area contributed by atoms with Gasteiger partial charge in [0.15, 0.2) is 0 Å². The van der Waals surface area contributed by atoms with Crippen LogP contribution >= 0.6 is 11.6 Å². The lowest BCUT2D eigenvalue weighted by atomic mass is 9.69. The topological polar surface area (TPSA) is 46.2 Å². The summed E-state index contributed by atoms with van der Waals surface area (Å²) < 4.78 is 38.5. The molecular formula is C11H11ClF3NO. The molecule has 0 heterocycles. The quantitative estimate of drug-likeness (QED) is 0.820. The molecule has 0 bridgehead atoms. The average molecular weight is 266 g/mol. The molecule has 0 saturated heterocycles. The fourth-order valence-electron chi connectivity index (χ4n) is 2.19. The average Bonchev–Trinajstić information content (AvgIpc) is 2.13. The number of aliphatic hydroxyl groups is 1. The van der Waals surface area contributed by atoms with Gasteiger partial charge in [0.05, 0.1) is 11.7 Å². The highest BCUT2D eigenvalue weighted by Crippen LogP contribution is 2.45. The number of halogens is 4. The van der Waals surface area contributed by atoms with Gasteiger partial charge in [-0.15, -0.1) is 0 Å². The molecule has 1 aromatic carbocycles. The highest BCUT2D eigenvalue weighted by Gasteiger charge is 2.46. The first kappa shape index (κ1) is 12.7. The van der Waals surface area contributed by atoms with E-state index in [9.17, 15) is 18.3 Å². The Morgan fingerprint density at radius 1 is 1.35 bits per heavy atom. The summed E-state index contributed by atoms with van der Waals surface area (Å²) in [6, 6.07) is 3.54. The number of hydrogen-bond acceptors (Lipinski definition) is 2. The normalized spacial score (nSPS) is 28.9.